The maximum atomic E-state index is 5.35. The Morgan fingerprint density at radius 1 is 1.29 bits per heavy atom. The lowest BCUT2D eigenvalue weighted by molar-refractivity contribution is 0.365. The van der Waals surface area contributed by atoms with Gasteiger partial charge in [0.15, 0.2) is 0 Å². The minimum Gasteiger partial charge on any atom is -0.339 e. The Labute approximate surface area is 131 Å². The smallest absolute Gasteiger partial charge is 0.226 e. The molecule has 0 amide bonds. The van der Waals surface area contributed by atoms with Crippen molar-refractivity contribution in [2.24, 2.45) is 5.92 Å². The van der Waals surface area contributed by atoms with E-state index in [1.807, 2.05) is 0 Å². The Balaban J connectivity index is 0.00000161. The van der Waals surface area contributed by atoms with Crippen LogP contribution in [-0.2, 0) is 12.8 Å². The zero-order valence-electron chi connectivity index (χ0n) is 12.3. The minimum absolute atomic E-state index is 0. The third-order valence-electron chi connectivity index (χ3n) is 4.02. The lowest BCUT2D eigenvalue weighted by Crippen LogP contribution is -2.09. The van der Waals surface area contributed by atoms with Gasteiger partial charge < -0.3 is 9.84 Å². The molecular formula is C16H22ClN3O. The summed E-state index contributed by atoms with van der Waals surface area (Å²) in [6.07, 6.45) is 4.32. The molecule has 0 saturated carbocycles. The Hall–Kier alpha value is -1.39. The highest BCUT2D eigenvalue weighted by molar-refractivity contribution is 5.85. The topological polar surface area (TPSA) is 51.0 Å². The number of nitrogens with one attached hydrogen (secondary N) is 1. The van der Waals surface area contributed by atoms with Gasteiger partial charge in [0.2, 0.25) is 11.7 Å². The summed E-state index contributed by atoms with van der Waals surface area (Å²) in [6.45, 7) is 4.42. The van der Waals surface area contributed by atoms with E-state index >= 15 is 0 Å². The van der Waals surface area contributed by atoms with Crippen molar-refractivity contribution < 1.29 is 4.52 Å². The Bertz CT molecular complexity index is 547. The van der Waals surface area contributed by atoms with Crippen LogP contribution in [0.15, 0.2) is 28.8 Å². The summed E-state index contributed by atoms with van der Waals surface area (Å²) >= 11 is 0. The van der Waals surface area contributed by atoms with Crippen LogP contribution in [0, 0.1) is 5.92 Å². The van der Waals surface area contributed by atoms with Crippen molar-refractivity contribution in [1.82, 2.24) is 15.5 Å². The second-order valence-electron chi connectivity index (χ2n) is 5.46. The number of aryl methyl sites for hydroxylation is 2. The van der Waals surface area contributed by atoms with Gasteiger partial charge >= 0.3 is 0 Å². The predicted octanol–water partition coefficient (Wildman–Crippen LogP) is 3.26. The first-order valence-electron chi connectivity index (χ1n) is 7.47. The molecule has 1 aliphatic heterocycles. The van der Waals surface area contributed by atoms with Crippen molar-refractivity contribution in [3.8, 4) is 11.4 Å². The molecular weight excluding hydrogens is 286 g/mol. The lowest BCUT2D eigenvalue weighted by Gasteiger charge is -2.03. The molecule has 1 saturated heterocycles. The highest BCUT2D eigenvalue weighted by Gasteiger charge is 2.16. The van der Waals surface area contributed by atoms with Crippen molar-refractivity contribution >= 4 is 12.4 Å². The van der Waals surface area contributed by atoms with Gasteiger partial charge in [0, 0.05) is 12.0 Å². The van der Waals surface area contributed by atoms with E-state index in [0.717, 1.165) is 49.7 Å². The Morgan fingerprint density at radius 3 is 2.76 bits per heavy atom. The van der Waals surface area contributed by atoms with Crippen molar-refractivity contribution in [1.29, 1.82) is 0 Å². The quantitative estimate of drug-likeness (QED) is 0.921. The highest BCUT2D eigenvalue weighted by Crippen LogP contribution is 2.19. The molecule has 0 aliphatic carbocycles. The van der Waals surface area contributed by atoms with Gasteiger partial charge in [-0.1, -0.05) is 36.3 Å². The summed E-state index contributed by atoms with van der Waals surface area (Å²) in [7, 11) is 0. The molecule has 1 fully saturated rings. The van der Waals surface area contributed by atoms with E-state index in [-0.39, 0.29) is 12.4 Å². The molecule has 4 nitrogen and oxygen atoms in total. The SMILES string of the molecule is CCc1ccc(-c2noc(CCC3CCNC3)n2)cc1.Cl. The molecule has 1 atom stereocenters. The molecule has 2 aromatic rings. The maximum Gasteiger partial charge on any atom is 0.226 e. The monoisotopic (exact) mass is 307 g/mol. The highest BCUT2D eigenvalue weighted by atomic mass is 35.5. The van der Waals surface area contributed by atoms with Gasteiger partial charge in [-0.05, 0) is 43.8 Å². The Kier molecular flexibility index (Phi) is 5.76. The van der Waals surface area contributed by atoms with Crippen LogP contribution in [0.5, 0.6) is 0 Å². The van der Waals surface area contributed by atoms with Gasteiger partial charge in [-0.25, -0.2) is 0 Å². The standard InChI is InChI=1S/C16H21N3O.ClH/c1-2-12-3-6-14(7-4-12)16-18-15(20-19-16)8-5-13-9-10-17-11-13;/h3-4,6-7,13,17H,2,5,8-11H2,1H3;1H. The number of halogens is 1. The summed E-state index contributed by atoms with van der Waals surface area (Å²) in [4.78, 5) is 4.50. The van der Waals surface area contributed by atoms with Crippen LogP contribution in [0.2, 0.25) is 0 Å². The third-order valence-corrected chi connectivity index (χ3v) is 4.02. The average molecular weight is 308 g/mol. The largest absolute Gasteiger partial charge is 0.339 e. The van der Waals surface area contributed by atoms with E-state index in [2.05, 4.69) is 46.6 Å². The summed E-state index contributed by atoms with van der Waals surface area (Å²) in [5.74, 6) is 2.22. The molecule has 0 bridgehead atoms. The normalized spacial score (nSPS) is 17.7. The molecule has 21 heavy (non-hydrogen) atoms. The molecule has 1 aliphatic rings. The van der Waals surface area contributed by atoms with Crippen LogP contribution >= 0.6 is 12.4 Å². The molecule has 5 heteroatoms. The first kappa shape index (κ1) is 16.0. The zero-order valence-corrected chi connectivity index (χ0v) is 13.2. The zero-order chi connectivity index (χ0) is 13.8. The third kappa shape index (κ3) is 4.05. The fourth-order valence-electron chi connectivity index (χ4n) is 2.65. The molecule has 114 valence electrons. The number of hydrogen-bond donors (Lipinski definition) is 1. The van der Waals surface area contributed by atoms with Gasteiger partial charge in [-0.3, -0.25) is 0 Å². The van der Waals surface area contributed by atoms with Crippen LogP contribution in [-0.4, -0.2) is 23.2 Å². The fourth-order valence-corrected chi connectivity index (χ4v) is 2.65. The van der Waals surface area contributed by atoms with E-state index in [1.54, 1.807) is 0 Å². The molecule has 0 spiro atoms. The first-order chi connectivity index (χ1) is 9.85. The van der Waals surface area contributed by atoms with E-state index in [4.69, 9.17) is 4.52 Å². The lowest BCUT2D eigenvalue weighted by atomic mass is 10.0. The average Bonchev–Trinajstić information content (AvgIpc) is 3.17. The van der Waals surface area contributed by atoms with Crippen molar-refractivity contribution in [3.63, 3.8) is 0 Å². The number of nitrogens with zero attached hydrogens (tertiary/aromatic N) is 2. The molecule has 3 rings (SSSR count). The first-order valence-corrected chi connectivity index (χ1v) is 7.47. The van der Waals surface area contributed by atoms with Crippen LogP contribution in [0.1, 0.15) is 31.2 Å². The number of hydrogen-bond acceptors (Lipinski definition) is 4. The van der Waals surface area contributed by atoms with Gasteiger partial charge in [0.25, 0.3) is 0 Å². The second-order valence-corrected chi connectivity index (χ2v) is 5.46. The maximum absolute atomic E-state index is 5.35. The molecule has 1 unspecified atom stereocenters. The van der Waals surface area contributed by atoms with Crippen LogP contribution in [0.4, 0.5) is 0 Å². The molecule has 0 radical (unpaired) electrons. The van der Waals surface area contributed by atoms with E-state index in [0.29, 0.717) is 5.82 Å². The van der Waals surface area contributed by atoms with Gasteiger partial charge in [-0.15, -0.1) is 12.4 Å². The summed E-state index contributed by atoms with van der Waals surface area (Å²) in [6, 6.07) is 8.37. The molecule has 1 aromatic carbocycles. The van der Waals surface area contributed by atoms with E-state index < -0.39 is 0 Å². The molecule has 1 aromatic heterocycles. The number of benzene rings is 1. The number of aromatic nitrogens is 2. The van der Waals surface area contributed by atoms with E-state index in [1.165, 1.54) is 12.0 Å². The predicted molar refractivity (Wildman–Crippen MR) is 85.7 cm³/mol. The Morgan fingerprint density at radius 2 is 2.10 bits per heavy atom. The number of rotatable bonds is 5. The second kappa shape index (κ2) is 7.57. The fraction of sp³-hybridized carbons (Fsp3) is 0.500. The van der Waals surface area contributed by atoms with Crippen molar-refractivity contribution in [2.45, 2.75) is 32.6 Å². The minimum atomic E-state index is 0. The van der Waals surface area contributed by atoms with Crippen LogP contribution < -0.4 is 5.32 Å². The van der Waals surface area contributed by atoms with E-state index in [9.17, 15) is 0 Å². The molecule has 2 heterocycles. The van der Waals surface area contributed by atoms with Gasteiger partial charge in [0.1, 0.15) is 0 Å². The van der Waals surface area contributed by atoms with Crippen LogP contribution in [0.25, 0.3) is 11.4 Å². The summed E-state index contributed by atoms with van der Waals surface area (Å²) < 4.78 is 5.35. The van der Waals surface area contributed by atoms with Crippen molar-refractivity contribution in [3.05, 3.63) is 35.7 Å². The summed E-state index contributed by atoms with van der Waals surface area (Å²) in [5, 5.41) is 7.47. The van der Waals surface area contributed by atoms with Gasteiger partial charge in [0.05, 0.1) is 0 Å². The van der Waals surface area contributed by atoms with Crippen molar-refractivity contribution in [2.75, 3.05) is 13.1 Å². The summed E-state index contributed by atoms with van der Waals surface area (Å²) in [5.41, 5.74) is 2.35. The van der Waals surface area contributed by atoms with Gasteiger partial charge in [-0.2, -0.15) is 4.98 Å². The van der Waals surface area contributed by atoms with Crippen LogP contribution in [0.3, 0.4) is 0 Å². The molecule has 1 N–H and O–H groups in total.